The summed E-state index contributed by atoms with van der Waals surface area (Å²) < 4.78 is 5.05. The normalized spacial score (nSPS) is 9.73. The molecule has 0 spiro atoms. The number of para-hydroxylation sites is 1. The lowest BCUT2D eigenvalue weighted by Gasteiger charge is -2.07. The highest BCUT2D eigenvalue weighted by atomic mass is 35.5. The summed E-state index contributed by atoms with van der Waals surface area (Å²) in [6.07, 6.45) is 0.359. The van der Waals surface area contributed by atoms with E-state index in [-0.39, 0.29) is 12.4 Å². The van der Waals surface area contributed by atoms with Gasteiger partial charge in [-0.3, -0.25) is 9.59 Å². The van der Waals surface area contributed by atoms with Crippen LogP contribution in [0.4, 0.5) is 0 Å². The van der Waals surface area contributed by atoms with Crippen molar-refractivity contribution in [3.8, 4) is 5.75 Å². The van der Waals surface area contributed by atoms with Crippen LogP contribution in [-0.2, 0) is 16.0 Å². The second-order valence-corrected chi connectivity index (χ2v) is 3.39. The van der Waals surface area contributed by atoms with Crippen LogP contribution in [0, 0.1) is 0 Å². The molecular weight excluding hydrogens is 216 g/mol. The number of halogens is 1. The first-order valence-corrected chi connectivity index (χ1v) is 4.98. The second-order valence-electron chi connectivity index (χ2n) is 2.97. The molecule has 0 aromatic heterocycles. The van der Waals surface area contributed by atoms with Crippen molar-refractivity contribution in [2.24, 2.45) is 0 Å². The Hall–Kier alpha value is -1.35. The molecule has 1 aromatic carbocycles. The first-order valence-electron chi connectivity index (χ1n) is 4.60. The fourth-order valence-corrected chi connectivity index (χ4v) is 1.24. The number of benzene rings is 1. The topological polar surface area (TPSA) is 43.4 Å². The number of hydrogen-bond acceptors (Lipinski definition) is 3. The van der Waals surface area contributed by atoms with Gasteiger partial charge in [-0.15, -0.1) is 0 Å². The Morgan fingerprint density at radius 1 is 1.33 bits per heavy atom. The maximum absolute atomic E-state index is 11.1. The van der Waals surface area contributed by atoms with Crippen LogP contribution in [0.2, 0.25) is 0 Å². The van der Waals surface area contributed by atoms with Gasteiger partial charge in [0, 0.05) is 12.0 Å². The zero-order valence-electron chi connectivity index (χ0n) is 8.33. The van der Waals surface area contributed by atoms with Crippen LogP contribution in [0.25, 0.3) is 0 Å². The summed E-state index contributed by atoms with van der Waals surface area (Å²) in [5.41, 5.74) is 0.624. The van der Waals surface area contributed by atoms with Gasteiger partial charge in [0.2, 0.25) is 5.24 Å². The predicted octanol–water partition coefficient (Wildman–Crippen LogP) is 2.31. The molecule has 0 atom stereocenters. The Morgan fingerprint density at radius 2 is 2.00 bits per heavy atom. The van der Waals surface area contributed by atoms with Gasteiger partial charge in [0.15, 0.2) is 0 Å². The van der Waals surface area contributed by atoms with Crippen LogP contribution >= 0.6 is 11.6 Å². The third-order valence-electron chi connectivity index (χ3n) is 1.81. The first kappa shape index (κ1) is 11.7. The number of esters is 1. The maximum Gasteiger partial charge on any atom is 0.310 e. The van der Waals surface area contributed by atoms with Gasteiger partial charge in [0.05, 0.1) is 6.42 Å². The average molecular weight is 227 g/mol. The van der Waals surface area contributed by atoms with E-state index in [1.54, 1.807) is 31.2 Å². The summed E-state index contributed by atoms with van der Waals surface area (Å²) in [7, 11) is 0. The summed E-state index contributed by atoms with van der Waals surface area (Å²) in [6, 6.07) is 6.85. The number of carbonyl (C=O) groups excluding carboxylic acids is 2. The summed E-state index contributed by atoms with van der Waals surface area (Å²) in [4.78, 5) is 21.8. The lowest BCUT2D eigenvalue weighted by molar-refractivity contribution is -0.134. The maximum atomic E-state index is 11.1. The van der Waals surface area contributed by atoms with Gasteiger partial charge in [-0.2, -0.15) is 0 Å². The Morgan fingerprint density at radius 3 is 2.60 bits per heavy atom. The fourth-order valence-electron chi connectivity index (χ4n) is 1.09. The molecule has 0 aliphatic carbocycles. The van der Waals surface area contributed by atoms with Crippen molar-refractivity contribution in [3.63, 3.8) is 0 Å². The van der Waals surface area contributed by atoms with Crippen molar-refractivity contribution in [1.82, 2.24) is 0 Å². The van der Waals surface area contributed by atoms with E-state index in [0.29, 0.717) is 17.7 Å². The minimum atomic E-state index is -0.477. The lowest BCUT2D eigenvalue weighted by atomic mass is 10.1. The molecule has 0 unspecified atom stereocenters. The van der Waals surface area contributed by atoms with Gasteiger partial charge in [0.25, 0.3) is 0 Å². The molecule has 80 valence electrons. The smallest absolute Gasteiger partial charge is 0.310 e. The minimum Gasteiger partial charge on any atom is -0.426 e. The van der Waals surface area contributed by atoms with Gasteiger partial charge in [-0.25, -0.2) is 0 Å². The Balaban J connectivity index is 2.85. The van der Waals surface area contributed by atoms with E-state index >= 15 is 0 Å². The molecule has 0 aliphatic rings. The van der Waals surface area contributed by atoms with Crippen LogP contribution in [0.5, 0.6) is 5.75 Å². The third kappa shape index (κ3) is 3.72. The monoisotopic (exact) mass is 226 g/mol. The van der Waals surface area contributed by atoms with Crippen molar-refractivity contribution in [1.29, 1.82) is 0 Å². The summed E-state index contributed by atoms with van der Waals surface area (Å²) in [6.45, 7) is 1.71. The Labute approximate surface area is 93.0 Å². The Bertz CT molecular complexity index is 374. The number of hydrogen-bond donors (Lipinski definition) is 0. The molecule has 1 aromatic rings. The predicted molar refractivity (Wildman–Crippen MR) is 56.9 cm³/mol. The Kier molecular flexibility index (Phi) is 4.31. The van der Waals surface area contributed by atoms with E-state index in [2.05, 4.69) is 0 Å². The zero-order valence-corrected chi connectivity index (χ0v) is 9.08. The molecule has 3 nitrogen and oxygen atoms in total. The van der Waals surface area contributed by atoms with Crippen LogP contribution in [-0.4, -0.2) is 11.2 Å². The minimum absolute atomic E-state index is 0.0642. The van der Waals surface area contributed by atoms with E-state index < -0.39 is 5.24 Å². The van der Waals surface area contributed by atoms with Crippen molar-refractivity contribution in [2.75, 3.05) is 0 Å². The van der Waals surface area contributed by atoms with E-state index in [9.17, 15) is 9.59 Å². The second kappa shape index (κ2) is 5.51. The number of carbonyl (C=O) groups is 2. The summed E-state index contributed by atoms with van der Waals surface area (Å²) in [5, 5.41) is -0.477. The quantitative estimate of drug-likeness (QED) is 0.450. The summed E-state index contributed by atoms with van der Waals surface area (Å²) >= 11 is 5.28. The molecule has 0 saturated carbocycles. The number of ether oxygens (including phenoxy) is 1. The largest absolute Gasteiger partial charge is 0.426 e. The molecule has 0 fully saturated rings. The standard InChI is InChI=1S/C11H11ClO3/c1-2-11(14)15-9-6-4-3-5-8(9)7-10(12)13/h3-6H,2,7H2,1H3. The molecule has 0 amide bonds. The molecule has 0 N–H and O–H groups in total. The molecule has 4 heteroatoms. The van der Waals surface area contributed by atoms with Crippen molar-refractivity contribution in [3.05, 3.63) is 29.8 Å². The fraction of sp³-hybridized carbons (Fsp3) is 0.273. The summed E-state index contributed by atoms with van der Waals surface area (Å²) in [5.74, 6) is 0.0721. The molecule has 0 aliphatic heterocycles. The van der Waals surface area contributed by atoms with Crippen molar-refractivity contribution >= 4 is 22.8 Å². The molecule has 0 radical (unpaired) electrons. The lowest BCUT2D eigenvalue weighted by Crippen LogP contribution is -2.08. The number of rotatable bonds is 4. The SMILES string of the molecule is CCC(=O)Oc1ccccc1CC(=O)Cl. The molecule has 0 bridgehead atoms. The molecule has 1 rings (SSSR count). The van der Waals surface area contributed by atoms with E-state index in [1.165, 1.54) is 0 Å². The highest BCUT2D eigenvalue weighted by Gasteiger charge is 2.09. The molecular formula is C11H11ClO3. The van der Waals surface area contributed by atoms with E-state index in [1.807, 2.05) is 0 Å². The van der Waals surface area contributed by atoms with Gasteiger partial charge >= 0.3 is 5.97 Å². The van der Waals surface area contributed by atoms with E-state index in [0.717, 1.165) is 0 Å². The van der Waals surface area contributed by atoms with Gasteiger partial charge in [-0.1, -0.05) is 25.1 Å². The zero-order chi connectivity index (χ0) is 11.3. The van der Waals surface area contributed by atoms with E-state index in [4.69, 9.17) is 16.3 Å². The third-order valence-corrected chi connectivity index (χ3v) is 1.95. The van der Waals surface area contributed by atoms with Crippen molar-refractivity contribution in [2.45, 2.75) is 19.8 Å². The molecule has 15 heavy (non-hydrogen) atoms. The van der Waals surface area contributed by atoms with Crippen LogP contribution in [0.15, 0.2) is 24.3 Å². The van der Waals surface area contributed by atoms with Gasteiger partial charge in [0.1, 0.15) is 5.75 Å². The van der Waals surface area contributed by atoms with Crippen LogP contribution < -0.4 is 4.74 Å². The average Bonchev–Trinajstić information content (AvgIpc) is 2.20. The van der Waals surface area contributed by atoms with Gasteiger partial charge in [-0.05, 0) is 17.7 Å². The highest BCUT2D eigenvalue weighted by Crippen LogP contribution is 2.19. The van der Waals surface area contributed by atoms with Crippen molar-refractivity contribution < 1.29 is 14.3 Å². The van der Waals surface area contributed by atoms with Crippen LogP contribution in [0.1, 0.15) is 18.9 Å². The van der Waals surface area contributed by atoms with Crippen LogP contribution in [0.3, 0.4) is 0 Å². The highest BCUT2D eigenvalue weighted by molar-refractivity contribution is 6.63. The molecule has 0 heterocycles. The molecule has 0 saturated heterocycles. The van der Waals surface area contributed by atoms with Gasteiger partial charge < -0.3 is 4.74 Å². The first-order chi connectivity index (χ1) is 7.13.